The Morgan fingerprint density at radius 3 is 2.37 bits per heavy atom. The van der Waals surface area contributed by atoms with Crippen LogP contribution in [0.5, 0.6) is 0 Å². The van der Waals surface area contributed by atoms with Crippen LogP contribution in [0.1, 0.15) is 5.56 Å². The molecule has 2 aromatic rings. The van der Waals surface area contributed by atoms with Crippen LogP contribution >= 0.6 is 15.9 Å². The molecule has 92 valence electrons. The molecule has 0 radical (unpaired) electrons. The molecule has 1 aromatic heterocycles. The summed E-state index contributed by atoms with van der Waals surface area (Å²) >= 11 is 3.34. The number of hydrogen-bond acceptors (Lipinski definition) is 3. The highest BCUT2D eigenvalue weighted by Crippen LogP contribution is 2.21. The molecular formula is C14H8BrN3O. The number of nitriles is 2. The monoisotopic (exact) mass is 313 g/mol. The lowest BCUT2D eigenvalue weighted by molar-refractivity contribution is 0.794. The maximum atomic E-state index is 12.0. The van der Waals surface area contributed by atoms with Crippen LogP contribution in [0, 0.1) is 22.7 Å². The van der Waals surface area contributed by atoms with E-state index in [1.807, 2.05) is 36.4 Å². The third kappa shape index (κ3) is 2.57. The molecule has 2 rings (SSSR count). The van der Waals surface area contributed by atoms with Gasteiger partial charge in [-0.05, 0) is 29.8 Å². The first-order valence-electron chi connectivity index (χ1n) is 5.44. The van der Waals surface area contributed by atoms with E-state index in [2.05, 4.69) is 15.9 Å². The third-order valence-corrected chi connectivity index (χ3v) is 3.19. The van der Waals surface area contributed by atoms with Gasteiger partial charge in [0.1, 0.15) is 18.2 Å². The zero-order chi connectivity index (χ0) is 13.8. The van der Waals surface area contributed by atoms with Gasteiger partial charge in [0.25, 0.3) is 5.56 Å². The minimum atomic E-state index is -0.440. The van der Waals surface area contributed by atoms with Crippen LogP contribution < -0.4 is 5.56 Å². The van der Waals surface area contributed by atoms with Gasteiger partial charge in [0, 0.05) is 4.47 Å². The van der Waals surface area contributed by atoms with Crippen molar-refractivity contribution in [3.63, 3.8) is 0 Å². The van der Waals surface area contributed by atoms with E-state index >= 15 is 0 Å². The van der Waals surface area contributed by atoms with E-state index in [1.54, 1.807) is 6.07 Å². The van der Waals surface area contributed by atoms with Crippen LogP contribution in [0.25, 0.3) is 11.3 Å². The van der Waals surface area contributed by atoms with E-state index < -0.39 is 5.56 Å². The highest BCUT2D eigenvalue weighted by atomic mass is 79.9. The minimum absolute atomic E-state index is 0.0381. The smallest absolute Gasteiger partial charge is 0.269 e. The number of rotatable bonds is 2. The molecule has 1 heterocycles. The predicted molar refractivity (Wildman–Crippen MR) is 74.2 cm³/mol. The van der Waals surface area contributed by atoms with Crippen LogP contribution in [0.2, 0.25) is 0 Å². The van der Waals surface area contributed by atoms with Crippen molar-refractivity contribution in [1.29, 1.82) is 10.5 Å². The highest BCUT2D eigenvalue weighted by Gasteiger charge is 2.09. The van der Waals surface area contributed by atoms with Gasteiger partial charge in [-0.15, -0.1) is 0 Å². The van der Waals surface area contributed by atoms with Crippen molar-refractivity contribution in [3.8, 4) is 23.4 Å². The Morgan fingerprint density at radius 1 is 1.11 bits per heavy atom. The first-order valence-corrected chi connectivity index (χ1v) is 6.23. The molecule has 0 atom stereocenters. The quantitative estimate of drug-likeness (QED) is 0.855. The van der Waals surface area contributed by atoms with Crippen molar-refractivity contribution >= 4 is 15.9 Å². The predicted octanol–water partition coefficient (Wildman–Crippen LogP) is 2.67. The maximum Gasteiger partial charge on any atom is 0.269 e. The topological polar surface area (TPSA) is 69.6 Å². The molecule has 0 saturated heterocycles. The largest absolute Gasteiger partial charge is 0.293 e. The number of halogens is 1. The van der Waals surface area contributed by atoms with Crippen molar-refractivity contribution in [2.45, 2.75) is 6.54 Å². The Labute approximate surface area is 118 Å². The number of benzene rings is 1. The lowest BCUT2D eigenvalue weighted by Crippen LogP contribution is -2.23. The van der Waals surface area contributed by atoms with Crippen LogP contribution in [-0.2, 0) is 6.54 Å². The molecular weight excluding hydrogens is 306 g/mol. The second-order valence-electron chi connectivity index (χ2n) is 3.80. The van der Waals surface area contributed by atoms with Gasteiger partial charge in [-0.25, -0.2) is 0 Å². The Balaban J connectivity index is 2.68. The summed E-state index contributed by atoms with van der Waals surface area (Å²) in [6.07, 6.45) is 0. The number of pyridine rings is 1. The SMILES string of the molecule is N#CCn1c(-c2ccc(Br)cc2)ccc(C#N)c1=O. The molecule has 0 N–H and O–H groups in total. The maximum absolute atomic E-state index is 12.0. The van der Waals surface area contributed by atoms with Crippen LogP contribution in [0.4, 0.5) is 0 Å². The Bertz CT molecular complexity index is 748. The molecule has 0 bridgehead atoms. The van der Waals surface area contributed by atoms with Gasteiger partial charge in [0.15, 0.2) is 0 Å². The van der Waals surface area contributed by atoms with E-state index in [4.69, 9.17) is 10.5 Å². The van der Waals surface area contributed by atoms with Crippen molar-refractivity contribution in [3.05, 3.63) is 56.8 Å². The van der Waals surface area contributed by atoms with E-state index in [-0.39, 0.29) is 12.1 Å². The summed E-state index contributed by atoms with van der Waals surface area (Å²) in [6.45, 7) is -0.0836. The molecule has 0 amide bonds. The van der Waals surface area contributed by atoms with Crippen molar-refractivity contribution in [2.24, 2.45) is 0 Å². The summed E-state index contributed by atoms with van der Waals surface area (Å²) in [7, 11) is 0. The second kappa shape index (κ2) is 5.51. The van der Waals surface area contributed by atoms with Gasteiger partial charge >= 0.3 is 0 Å². The van der Waals surface area contributed by atoms with Gasteiger partial charge in [-0.2, -0.15) is 10.5 Å². The molecule has 19 heavy (non-hydrogen) atoms. The molecule has 1 aromatic carbocycles. The normalized spacial score (nSPS) is 9.63. The van der Waals surface area contributed by atoms with E-state index in [1.165, 1.54) is 10.6 Å². The Hall–Kier alpha value is -2.37. The van der Waals surface area contributed by atoms with E-state index in [0.717, 1.165) is 10.0 Å². The molecule has 0 unspecified atom stereocenters. The fourth-order valence-corrected chi connectivity index (χ4v) is 2.03. The van der Waals surface area contributed by atoms with Gasteiger partial charge < -0.3 is 0 Å². The average Bonchev–Trinajstić information content (AvgIpc) is 2.42. The molecule has 0 spiro atoms. The second-order valence-corrected chi connectivity index (χ2v) is 4.72. The zero-order valence-electron chi connectivity index (χ0n) is 9.80. The van der Waals surface area contributed by atoms with Gasteiger partial charge in [0.05, 0.1) is 11.8 Å². The van der Waals surface area contributed by atoms with Crippen molar-refractivity contribution in [2.75, 3.05) is 0 Å². The van der Waals surface area contributed by atoms with Gasteiger partial charge in [-0.1, -0.05) is 28.1 Å². The summed E-state index contributed by atoms with van der Waals surface area (Å²) in [5.41, 5.74) is 1.04. The fraction of sp³-hybridized carbons (Fsp3) is 0.0714. The molecule has 5 heteroatoms. The third-order valence-electron chi connectivity index (χ3n) is 2.66. The summed E-state index contributed by atoms with van der Waals surface area (Å²) in [4.78, 5) is 12.0. The van der Waals surface area contributed by atoms with Crippen molar-refractivity contribution in [1.82, 2.24) is 4.57 Å². The zero-order valence-corrected chi connectivity index (χ0v) is 11.4. The Morgan fingerprint density at radius 2 is 1.79 bits per heavy atom. The van der Waals surface area contributed by atoms with Crippen LogP contribution in [-0.4, -0.2) is 4.57 Å². The fourth-order valence-electron chi connectivity index (χ4n) is 1.76. The first-order chi connectivity index (χ1) is 9.17. The lowest BCUT2D eigenvalue weighted by atomic mass is 10.1. The molecule has 0 fully saturated rings. The van der Waals surface area contributed by atoms with Crippen molar-refractivity contribution < 1.29 is 0 Å². The number of hydrogen-bond donors (Lipinski definition) is 0. The number of nitrogens with zero attached hydrogens (tertiary/aromatic N) is 3. The summed E-state index contributed by atoms with van der Waals surface area (Å²) < 4.78 is 2.24. The highest BCUT2D eigenvalue weighted by molar-refractivity contribution is 9.10. The Kier molecular flexibility index (Phi) is 3.79. The van der Waals surface area contributed by atoms with E-state index in [9.17, 15) is 4.79 Å². The van der Waals surface area contributed by atoms with E-state index in [0.29, 0.717) is 5.69 Å². The minimum Gasteiger partial charge on any atom is -0.293 e. The van der Waals surface area contributed by atoms with Crippen LogP contribution in [0.15, 0.2) is 45.7 Å². The molecule has 4 nitrogen and oxygen atoms in total. The average molecular weight is 314 g/mol. The summed E-state index contributed by atoms with van der Waals surface area (Å²) in [5, 5.41) is 17.7. The molecule has 0 aliphatic carbocycles. The molecule has 0 aliphatic heterocycles. The standard InChI is InChI=1S/C14H8BrN3O/c15-12-4-1-10(2-5-12)13-6-3-11(9-17)14(19)18(13)8-7-16/h1-6H,8H2. The first kappa shape index (κ1) is 13.1. The van der Waals surface area contributed by atoms with Gasteiger partial charge in [-0.3, -0.25) is 9.36 Å². The summed E-state index contributed by atoms with van der Waals surface area (Å²) in [5.74, 6) is 0. The molecule has 0 aliphatic rings. The number of aromatic nitrogens is 1. The summed E-state index contributed by atoms with van der Waals surface area (Å²) in [6, 6.07) is 14.3. The molecule has 0 saturated carbocycles. The van der Waals surface area contributed by atoms with Crippen LogP contribution in [0.3, 0.4) is 0 Å². The lowest BCUT2D eigenvalue weighted by Gasteiger charge is -2.10. The van der Waals surface area contributed by atoms with Gasteiger partial charge in [0.2, 0.25) is 0 Å².